The van der Waals surface area contributed by atoms with E-state index in [0.29, 0.717) is 47.1 Å². The second-order valence-electron chi connectivity index (χ2n) is 9.10. The van der Waals surface area contributed by atoms with Crippen molar-refractivity contribution in [2.45, 2.75) is 18.1 Å². The number of aromatic nitrogens is 3. The van der Waals surface area contributed by atoms with Gasteiger partial charge in [-0.15, -0.1) is 0 Å². The fourth-order valence-corrected chi connectivity index (χ4v) is 5.79. The Balaban J connectivity index is 1.53. The van der Waals surface area contributed by atoms with Gasteiger partial charge in [0, 0.05) is 23.7 Å². The molecule has 0 N–H and O–H groups in total. The van der Waals surface area contributed by atoms with Crippen LogP contribution in [0.5, 0.6) is 6.01 Å². The van der Waals surface area contributed by atoms with Crippen molar-refractivity contribution in [2.24, 2.45) is 0 Å². The highest BCUT2D eigenvalue weighted by Crippen LogP contribution is 2.48. The van der Waals surface area contributed by atoms with Crippen LogP contribution in [0.4, 0.5) is 14.6 Å². The van der Waals surface area contributed by atoms with Crippen molar-refractivity contribution in [2.75, 3.05) is 25.1 Å². The van der Waals surface area contributed by atoms with Crippen LogP contribution in [-0.4, -0.2) is 57.7 Å². The molecule has 11 heteroatoms. The van der Waals surface area contributed by atoms with Gasteiger partial charge in [-0.1, -0.05) is 47.3 Å². The molecule has 2 aromatic carbocycles. The summed E-state index contributed by atoms with van der Waals surface area (Å²) in [6, 6.07) is 7.55. The topological polar surface area (TPSA) is 75.8 Å². The summed E-state index contributed by atoms with van der Waals surface area (Å²) in [4.78, 5) is 33.1. The number of likely N-dealkylation sites (tertiary alicyclic amines) is 1. The smallest absolute Gasteiger partial charge is 0.380 e. The van der Waals surface area contributed by atoms with Crippen LogP contribution in [0.1, 0.15) is 6.42 Å². The summed E-state index contributed by atoms with van der Waals surface area (Å²) in [6.07, 6.45) is 3.16. The maximum Gasteiger partial charge on any atom is 0.380 e. The minimum Gasteiger partial charge on any atom is -0.467 e. The van der Waals surface area contributed by atoms with E-state index in [-0.39, 0.29) is 34.2 Å². The van der Waals surface area contributed by atoms with Crippen LogP contribution in [-0.2, 0) is 4.79 Å². The molecule has 38 heavy (non-hydrogen) atoms. The summed E-state index contributed by atoms with van der Waals surface area (Å²) in [5.41, 5.74) is -0.724. The van der Waals surface area contributed by atoms with Crippen molar-refractivity contribution in [3.63, 3.8) is 0 Å². The van der Waals surface area contributed by atoms with Crippen LogP contribution >= 0.6 is 11.6 Å². The Morgan fingerprint density at radius 2 is 2.13 bits per heavy atom. The van der Waals surface area contributed by atoms with Gasteiger partial charge in [0.2, 0.25) is 5.91 Å². The van der Waals surface area contributed by atoms with Crippen molar-refractivity contribution < 1.29 is 18.3 Å². The van der Waals surface area contributed by atoms with Gasteiger partial charge in [-0.25, -0.2) is 8.78 Å². The van der Waals surface area contributed by atoms with Gasteiger partial charge >= 0.3 is 11.7 Å². The summed E-state index contributed by atoms with van der Waals surface area (Å²) in [7, 11) is 1.38. The van der Waals surface area contributed by atoms with Crippen molar-refractivity contribution in [1.82, 2.24) is 19.9 Å². The first-order valence-electron chi connectivity index (χ1n) is 11.7. The lowest BCUT2D eigenvalue weighted by Crippen LogP contribution is -2.70. The van der Waals surface area contributed by atoms with Gasteiger partial charge in [0.15, 0.2) is 17.7 Å². The first-order chi connectivity index (χ1) is 18.3. The van der Waals surface area contributed by atoms with E-state index in [9.17, 15) is 9.18 Å². The number of anilines is 1. The molecule has 2 atom stereocenters. The zero-order chi connectivity index (χ0) is 26.8. The van der Waals surface area contributed by atoms with E-state index >= 15 is 4.39 Å². The highest BCUT2D eigenvalue weighted by Gasteiger charge is 2.70. The molecule has 2 aliphatic rings. The number of ether oxygens (including phenoxy) is 1. The summed E-state index contributed by atoms with van der Waals surface area (Å²) in [5, 5.41) is 1.15. The zero-order valence-electron chi connectivity index (χ0n) is 20.2. The highest BCUT2D eigenvalue weighted by atomic mass is 35.5. The molecular weight excluding hydrogens is 514 g/mol. The lowest BCUT2D eigenvalue weighted by atomic mass is 9.88. The lowest BCUT2D eigenvalue weighted by molar-refractivity contribution is -0.127. The van der Waals surface area contributed by atoms with Crippen molar-refractivity contribution in [3.8, 4) is 23.8 Å². The van der Waals surface area contributed by atoms with Crippen molar-refractivity contribution in [3.05, 3.63) is 70.7 Å². The predicted molar refractivity (Wildman–Crippen MR) is 140 cm³/mol. The third-order valence-corrected chi connectivity index (χ3v) is 7.78. The SMILES string of the molecule is C#[N+][C@@]12CCN(C(=O)C=C)[C@@H]1CN2c1nc(OC)nc2c(F)c(-c3cccc4ccc(F)c(Cl)c34)ncc12. The lowest BCUT2D eigenvalue weighted by Gasteiger charge is -2.45. The molecule has 0 aliphatic carbocycles. The Kier molecular flexibility index (Phi) is 5.43. The monoisotopic (exact) mass is 533 g/mol. The Bertz CT molecular complexity index is 1720. The average molecular weight is 534 g/mol. The minimum absolute atomic E-state index is 0.0472. The summed E-state index contributed by atoms with van der Waals surface area (Å²) in [6.45, 7) is 10.2. The number of benzene rings is 2. The largest absolute Gasteiger partial charge is 0.467 e. The zero-order valence-corrected chi connectivity index (χ0v) is 20.9. The van der Waals surface area contributed by atoms with E-state index in [4.69, 9.17) is 22.9 Å². The molecule has 8 nitrogen and oxygen atoms in total. The predicted octanol–water partition coefficient (Wildman–Crippen LogP) is 5.05. The Morgan fingerprint density at radius 3 is 2.87 bits per heavy atom. The molecule has 2 aromatic heterocycles. The second-order valence-corrected chi connectivity index (χ2v) is 9.48. The first-order valence-corrected chi connectivity index (χ1v) is 12.1. The molecule has 0 bridgehead atoms. The molecule has 190 valence electrons. The van der Waals surface area contributed by atoms with Crippen molar-refractivity contribution >= 4 is 45.0 Å². The highest BCUT2D eigenvalue weighted by molar-refractivity contribution is 6.36. The molecule has 0 saturated carbocycles. The maximum atomic E-state index is 16.2. The maximum absolute atomic E-state index is 16.2. The Hall–Kier alpha value is -4.36. The molecular formula is C27H20ClF2N6O2+. The number of rotatable bonds is 4. The average Bonchev–Trinajstić information content (AvgIpc) is 3.22. The Labute approximate surface area is 220 Å². The molecule has 4 aromatic rings. The van der Waals surface area contributed by atoms with Gasteiger partial charge in [0.25, 0.3) is 6.57 Å². The first kappa shape index (κ1) is 24.0. The van der Waals surface area contributed by atoms with Gasteiger partial charge in [0.1, 0.15) is 17.0 Å². The quantitative estimate of drug-likeness (QED) is 0.342. The molecule has 1 amide bonds. The molecule has 2 saturated heterocycles. The molecule has 6 rings (SSSR count). The standard InChI is InChI=1S/C27H20ClF2N6O2/c1-4-19(37)35-11-10-27(31-2)18(35)13-36(27)25-16-12-32-23(22(30)24(16)33-26(34-25)38-3)15-7-5-6-14-8-9-17(29)21(28)20(14)15/h2,4-9,12,18H,1,10-11,13H2,3H3/q+1/t18-,27-/m1/s1. The van der Waals surface area contributed by atoms with Gasteiger partial charge < -0.3 is 9.64 Å². The number of hydrogen-bond acceptors (Lipinski definition) is 6. The van der Waals surface area contributed by atoms with Crippen LogP contribution < -0.4 is 9.64 Å². The van der Waals surface area contributed by atoms with E-state index in [0.717, 1.165) is 0 Å². The van der Waals surface area contributed by atoms with Crippen LogP contribution in [0.3, 0.4) is 0 Å². The van der Waals surface area contributed by atoms with E-state index in [1.54, 1.807) is 29.2 Å². The van der Waals surface area contributed by atoms with Crippen LogP contribution in [0, 0.1) is 18.2 Å². The summed E-state index contributed by atoms with van der Waals surface area (Å²) >= 11 is 6.29. The fourth-order valence-electron chi connectivity index (χ4n) is 5.52. The number of carbonyl (C=O) groups is 1. The summed E-state index contributed by atoms with van der Waals surface area (Å²) < 4.78 is 35.8. The van der Waals surface area contributed by atoms with E-state index in [1.807, 2.05) is 4.90 Å². The number of pyridine rings is 1. The van der Waals surface area contributed by atoms with Crippen LogP contribution in [0.15, 0.2) is 49.2 Å². The number of amides is 1. The van der Waals surface area contributed by atoms with E-state index in [1.165, 1.54) is 25.4 Å². The van der Waals surface area contributed by atoms with Crippen LogP contribution in [0.2, 0.25) is 5.02 Å². The molecule has 2 fully saturated rings. The van der Waals surface area contributed by atoms with E-state index in [2.05, 4.69) is 26.4 Å². The molecule has 4 heterocycles. The molecule has 2 aliphatic heterocycles. The Morgan fingerprint density at radius 1 is 1.32 bits per heavy atom. The molecule has 0 unspecified atom stereocenters. The third-order valence-electron chi connectivity index (χ3n) is 7.41. The van der Waals surface area contributed by atoms with Crippen LogP contribution in [0.25, 0.3) is 37.8 Å². The van der Waals surface area contributed by atoms with Gasteiger partial charge in [-0.3, -0.25) is 14.7 Å². The van der Waals surface area contributed by atoms with Gasteiger partial charge in [-0.05, 0) is 17.5 Å². The van der Waals surface area contributed by atoms with Gasteiger partial charge in [-0.2, -0.15) is 9.97 Å². The number of methoxy groups -OCH3 is 1. The number of fused-ring (bicyclic) bond motifs is 3. The number of carbonyl (C=O) groups excluding carboxylic acids is 1. The number of nitrogens with zero attached hydrogens (tertiary/aromatic N) is 6. The van der Waals surface area contributed by atoms with E-state index < -0.39 is 17.3 Å². The fraction of sp³-hybridized carbons (Fsp3) is 0.222. The second kappa shape index (κ2) is 8.60. The van der Waals surface area contributed by atoms with Gasteiger partial charge in [0.05, 0.1) is 30.5 Å². The number of hydrogen-bond donors (Lipinski definition) is 0. The number of halogens is 3. The van der Waals surface area contributed by atoms with Crippen molar-refractivity contribution in [1.29, 1.82) is 0 Å². The normalized spacial score (nSPS) is 20.2. The molecule has 0 radical (unpaired) electrons. The minimum atomic E-state index is -0.944. The summed E-state index contributed by atoms with van der Waals surface area (Å²) in [5.74, 6) is -1.26. The third kappa shape index (κ3) is 3.18. The molecule has 0 spiro atoms.